The van der Waals surface area contributed by atoms with E-state index in [0.717, 1.165) is 16.8 Å². The van der Waals surface area contributed by atoms with E-state index in [-0.39, 0.29) is 0 Å². The zero-order valence-corrected chi connectivity index (χ0v) is 13.4. The Bertz CT molecular complexity index is 547. The van der Waals surface area contributed by atoms with Gasteiger partial charge in [0.25, 0.3) is 0 Å². The zero-order valence-electron chi connectivity index (χ0n) is 11.0. The molecule has 1 fully saturated rings. The van der Waals surface area contributed by atoms with Crippen molar-refractivity contribution >= 4 is 26.7 Å². The Kier molecular flexibility index (Phi) is 4.32. The fraction of sp³-hybridized carbons (Fsp3) is 0.500. The third kappa shape index (κ3) is 3.58. The van der Waals surface area contributed by atoms with Crippen molar-refractivity contribution < 1.29 is 8.95 Å². The molecule has 5 heteroatoms. The summed E-state index contributed by atoms with van der Waals surface area (Å²) >= 11 is 3.43. The van der Waals surface area contributed by atoms with E-state index in [9.17, 15) is 4.21 Å². The van der Waals surface area contributed by atoms with Crippen LogP contribution >= 0.6 is 15.9 Å². The average molecular weight is 342 g/mol. The second-order valence-electron chi connectivity index (χ2n) is 5.24. The number of rotatable bonds is 5. The van der Waals surface area contributed by atoms with E-state index < -0.39 is 15.5 Å². The van der Waals surface area contributed by atoms with Gasteiger partial charge in [-0.1, -0.05) is 0 Å². The van der Waals surface area contributed by atoms with Gasteiger partial charge in [-0.3, -0.25) is 4.21 Å². The van der Waals surface area contributed by atoms with Crippen LogP contribution in [0.4, 0.5) is 0 Å². The maximum atomic E-state index is 12.3. The minimum atomic E-state index is -1.36. The molecule has 0 heterocycles. The molecule has 0 saturated heterocycles. The zero-order chi connectivity index (χ0) is 14.0. The molecule has 1 saturated carbocycles. The SMILES string of the molecule is CC(C)(C#N)S(=O)c1ccc(OCC2CC2)c(Br)c1. The predicted molar refractivity (Wildman–Crippen MR) is 78.5 cm³/mol. The molecule has 3 nitrogen and oxygen atoms in total. The number of nitriles is 1. The second kappa shape index (κ2) is 5.64. The van der Waals surface area contributed by atoms with E-state index in [1.165, 1.54) is 12.8 Å². The molecule has 1 unspecified atom stereocenters. The highest BCUT2D eigenvalue weighted by atomic mass is 79.9. The molecule has 0 spiro atoms. The summed E-state index contributed by atoms with van der Waals surface area (Å²) in [5.41, 5.74) is 0. The monoisotopic (exact) mass is 341 g/mol. The third-order valence-electron chi connectivity index (χ3n) is 3.02. The van der Waals surface area contributed by atoms with Gasteiger partial charge in [-0.2, -0.15) is 5.26 Å². The smallest absolute Gasteiger partial charge is 0.133 e. The predicted octanol–water partition coefficient (Wildman–Crippen LogP) is 3.65. The van der Waals surface area contributed by atoms with Crippen molar-refractivity contribution in [1.29, 1.82) is 5.26 Å². The van der Waals surface area contributed by atoms with Crippen LogP contribution in [0, 0.1) is 17.2 Å². The quantitative estimate of drug-likeness (QED) is 0.821. The van der Waals surface area contributed by atoms with Crippen molar-refractivity contribution in [3.63, 3.8) is 0 Å². The van der Waals surface area contributed by atoms with E-state index in [4.69, 9.17) is 10.00 Å². The molecule has 1 atom stereocenters. The Morgan fingerprint density at radius 2 is 2.21 bits per heavy atom. The number of hydrogen-bond donors (Lipinski definition) is 0. The summed E-state index contributed by atoms with van der Waals surface area (Å²) in [5.74, 6) is 1.46. The van der Waals surface area contributed by atoms with Gasteiger partial charge in [-0.25, -0.2) is 0 Å². The molecule has 0 amide bonds. The molecule has 0 aliphatic heterocycles. The van der Waals surface area contributed by atoms with Gasteiger partial charge in [0.15, 0.2) is 0 Å². The third-order valence-corrected chi connectivity index (χ3v) is 5.34. The summed E-state index contributed by atoms with van der Waals surface area (Å²) in [4.78, 5) is 0.636. The summed E-state index contributed by atoms with van der Waals surface area (Å²) in [5, 5.41) is 9.02. The topological polar surface area (TPSA) is 50.1 Å². The van der Waals surface area contributed by atoms with E-state index >= 15 is 0 Å². The van der Waals surface area contributed by atoms with Crippen LogP contribution in [0.25, 0.3) is 0 Å². The van der Waals surface area contributed by atoms with Crippen LogP contribution in [0.2, 0.25) is 0 Å². The lowest BCUT2D eigenvalue weighted by Gasteiger charge is -2.16. The molecule has 2 rings (SSSR count). The van der Waals surface area contributed by atoms with Gasteiger partial charge >= 0.3 is 0 Å². The Labute approximate surface area is 124 Å². The van der Waals surface area contributed by atoms with Crippen LogP contribution in [0.3, 0.4) is 0 Å². The Balaban J connectivity index is 2.13. The molecule has 1 aromatic carbocycles. The standard InChI is InChI=1S/C14H16BrNO2S/c1-14(2,9-16)19(17)11-5-6-13(12(15)7-11)18-8-10-3-4-10/h5-7,10H,3-4,8H2,1-2H3. The molecule has 1 aliphatic carbocycles. The minimum Gasteiger partial charge on any atom is -0.492 e. The molecule has 1 aromatic rings. The molecule has 0 bridgehead atoms. The van der Waals surface area contributed by atoms with Gasteiger partial charge < -0.3 is 4.74 Å². The maximum Gasteiger partial charge on any atom is 0.133 e. The fourth-order valence-corrected chi connectivity index (χ4v) is 3.28. The molecule has 19 heavy (non-hydrogen) atoms. The van der Waals surface area contributed by atoms with Gasteiger partial charge in [0.05, 0.1) is 27.9 Å². The molecule has 0 radical (unpaired) electrons. The summed E-state index contributed by atoms with van der Waals surface area (Å²) in [6, 6.07) is 7.43. The Hall–Kier alpha value is -0.860. The van der Waals surface area contributed by atoms with E-state index in [2.05, 4.69) is 22.0 Å². The van der Waals surface area contributed by atoms with Crippen molar-refractivity contribution in [2.45, 2.75) is 36.3 Å². The van der Waals surface area contributed by atoms with Crippen molar-refractivity contribution in [1.82, 2.24) is 0 Å². The molecule has 0 N–H and O–H groups in total. The van der Waals surface area contributed by atoms with Crippen molar-refractivity contribution in [2.24, 2.45) is 5.92 Å². The van der Waals surface area contributed by atoms with Gasteiger partial charge in [-0.05, 0) is 66.7 Å². The number of benzene rings is 1. The fourth-order valence-electron chi connectivity index (χ4n) is 1.54. The maximum absolute atomic E-state index is 12.3. The normalized spacial score (nSPS) is 16.7. The summed E-state index contributed by atoms with van der Waals surface area (Å²) in [6.45, 7) is 4.09. The lowest BCUT2D eigenvalue weighted by atomic mass is 10.2. The highest BCUT2D eigenvalue weighted by molar-refractivity contribution is 9.10. The lowest BCUT2D eigenvalue weighted by molar-refractivity contribution is 0.298. The van der Waals surface area contributed by atoms with Crippen LogP contribution in [0.5, 0.6) is 5.75 Å². The van der Waals surface area contributed by atoms with Crippen molar-refractivity contribution in [2.75, 3.05) is 6.61 Å². The van der Waals surface area contributed by atoms with Crippen LogP contribution in [0.1, 0.15) is 26.7 Å². The van der Waals surface area contributed by atoms with Crippen LogP contribution in [-0.2, 0) is 10.8 Å². The Morgan fingerprint density at radius 1 is 1.53 bits per heavy atom. The first-order valence-corrected chi connectivity index (χ1v) is 8.14. The molecule has 102 valence electrons. The van der Waals surface area contributed by atoms with Crippen molar-refractivity contribution in [3.8, 4) is 11.8 Å². The molecule has 0 aromatic heterocycles. The molecular weight excluding hydrogens is 326 g/mol. The number of hydrogen-bond acceptors (Lipinski definition) is 3. The largest absolute Gasteiger partial charge is 0.492 e. The second-order valence-corrected chi connectivity index (χ2v) is 8.12. The number of halogens is 1. The number of ether oxygens (including phenoxy) is 1. The van der Waals surface area contributed by atoms with Crippen molar-refractivity contribution in [3.05, 3.63) is 22.7 Å². The lowest BCUT2D eigenvalue weighted by Crippen LogP contribution is -2.24. The first kappa shape index (κ1) is 14.5. The van der Waals surface area contributed by atoms with Gasteiger partial charge in [0.1, 0.15) is 10.5 Å². The van der Waals surface area contributed by atoms with E-state index in [1.807, 2.05) is 6.07 Å². The summed E-state index contributed by atoms with van der Waals surface area (Å²) in [6.07, 6.45) is 2.49. The van der Waals surface area contributed by atoms with E-state index in [1.54, 1.807) is 26.0 Å². The van der Waals surface area contributed by atoms with Gasteiger partial charge in [0.2, 0.25) is 0 Å². The van der Waals surface area contributed by atoms with Gasteiger partial charge in [-0.15, -0.1) is 0 Å². The Morgan fingerprint density at radius 3 is 2.74 bits per heavy atom. The minimum absolute atomic E-state index is 0.636. The highest BCUT2D eigenvalue weighted by Gasteiger charge is 2.27. The average Bonchev–Trinajstić information content (AvgIpc) is 3.20. The van der Waals surface area contributed by atoms with E-state index in [0.29, 0.717) is 10.8 Å². The first-order valence-electron chi connectivity index (χ1n) is 6.19. The number of nitrogens with zero attached hydrogens (tertiary/aromatic N) is 1. The van der Waals surface area contributed by atoms with Crippen LogP contribution in [-0.4, -0.2) is 15.6 Å². The summed E-state index contributed by atoms with van der Waals surface area (Å²) in [7, 11) is -1.36. The van der Waals surface area contributed by atoms with Crippen LogP contribution in [0.15, 0.2) is 27.6 Å². The van der Waals surface area contributed by atoms with Gasteiger partial charge in [0, 0.05) is 4.90 Å². The highest BCUT2D eigenvalue weighted by Crippen LogP contribution is 2.33. The molecular formula is C14H16BrNO2S. The molecule has 1 aliphatic rings. The summed E-state index contributed by atoms with van der Waals surface area (Å²) < 4.78 is 17.9. The first-order chi connectivity index (χ1) is 8.94. The van der Waals surface area contributed by atoms with Crippen LogP contribution < -0.4 is 4.74 Å².